The molecule has 84 valence electrons. The van der Waals surface area contributed by atoms with Crippen molar-refractivity contribution < 1.29 is 0 Å². The van der Waals surface area contributed by atoms with Crippen molar-refractivity contribution in [1.29, 1.82) is 0 Å². The first-order valence-electron chi connectivity index (χ1n) is 5.71. The second-order valence-electron chi connectivity index (χ2n) is 4.64. The molecule has 2 rings (SSSR count). The van der Waals surface area contributed by atoms with Gasteiger partial charge in [0.1, 0.15) is 0 Å². The van der Waals surface area contributed by atoms with Gasteiger partial charge in [-0.05, 0) is 30.5 Å². The van der Waals surface area contributed by atoms with Crippen LogP contribution in [0.3, 0.4) is 0 Å². The third-order valence-electron chi connectivity index (χ3n) is 2.95. The summed E-state index contributed by atoms with van der Waals surface area (Å²) in [7, 11) is 0. The molecule has 16 heavy (non-hydrogen) atoms. The average molecular weight is 214 g/mol. The van der Waals surface area contributed by atoms with Crippen LogP contribution in [-0.2, 0) is 0 Å². The summed E-state index contributed by atoms with van der Waals surface area (Å²) in [6, 6.07) is 10.4. The van der Waals surface area contributed by atoms with Crippen molar-refractivity contribution in [3.63, 3.8) is 0 Å². The molecular formula is C14H18N2. The summed E-state index contributed by atoms with van der Waals surface area (Å²) in [5, 5.41) is 1.18. The highest BCUT2D eigenvalue weighted by Crippen LogP contribution is 2.26. The lowest BCUT2D eigenvalue weighted by Gasteiger charge is -2.18. The molecule has 0 radical (unpaired) electrons. The number of hydrogen-bond donors (Lipinski definition) is 1. The quantitative estimate of drug-likeness (QED) is 0.833. The predicted molar refractivity (Wildman–Crippen MR) is 68.2 cm³/mol. The minimum atomic E-state index is 0.0756. The Labute approximate surface area is 96.5 Å². The van der Waals surface area contributed by atoms with E-state index >= 15 is 0 Å². The Balaban J connectivity index is 2.67. The van der Waals surface area contributed by atoms with Gasteiger partial charge < -0.3 is 5.73 Å². The van der Waals surface area contributed by atoms with E-state index in [-0.39, 0.29) is 6.04 Å². The number of rotatable bonds is 2. The monoisotopic (exact) mass is 214 g/mol. The van der Waals surface area contributed by atoms with Gasteiger partial charge in [-0.15, -0.1) is 0 Å². The Bertz CT molecular complexity index is 503. The van der Waals surface area contributed by atoms with E-state index < -0.39 is 0 Å². The standard InChI is InChI=1S/C14H18N2/c1-9(2)14(15)12-8-10(3)16-13-7-5-4-6-11(12)13/h4-9,14H,15H2,1-3H3. The van der Waals surface area contributed by atoms with Crippen LogP contribution in [0, 0.1) is 12.8 Å². The highest BCUT2D eigenvalue weighted by Gasteiger charge is 2.14. The fourth-order valence-corrected chi connectivity index (χ4v) is 1.98. The summed E-state index contributed by atoms with van der Waals surface area (Å²) in [6.45, 7) is 6.31. The molecule has 1 unspecified atom stereocenters. The van der Waals surface area contributed by atoms with Crippen molar-refractivity contribution in [2.24, 2.45) is 11.7 Å². The van der Waals surface area contributed by atoms with Gasteiger partial charge in [-0.3, -0.25) is 4.98 Å². The molecule has 0 saturated heterocycles. The number of para-hydroxylation sites is 1. The van der Waals surface area contributed by atoms with Gasteiger partial charge in [0.15, 0.2) is 0 Å². The summed E-state index contributed by atoms with van der Waals surface area (Å²) in [5.74, 6) is 0.435. The minimum Gasteiger partial charge on any atom is -0.324 e. The maximum atomic E-state index is 6.24. The van der Waals surface area contributed by atoms with Crippen molar-refractivity contribution in [2.75, 3.05) is 0 Å². The number of nitrogens with zero attached hydrogens (tertiary/aromatic N) is 1. The molecule has 2 N–H and O–H groups in total. The van der Waals surface area contributed by atoms with Gasteiger partial charge in [0.05, 0.1) is 5.52 Å². The highest BCUT2D eigenvalue weighted by atomic mass is 14.7. The minimum absolute atomic E-state index is 0.0756. The van der Waals surface area contributed by atoms with Gasteiger partial charge in [-0.1, -0.05) is 32.0 Å². The molecule has 1 atom stereocenters. The van der Waals surface area contributed by atoms with E-state index in [1.165, 1.54) is 10.9 Å². The third kappa shape index (κ3) is 1.93. The zero-order chi connectivity index (χ0) is 11.7. The van der Waals surface area contributed by atoms with E-state index in [1.54, 1.807) is 0 Å². The Morgan fingerprint density at radius 3 is 2.56 bits per heavy atom. The smallest absolute Gasteiger partial charge is 0.0708 e. The molecule has 1 aromatic heterocycles. The fraction of sp³-hybridized carbons (Fsp3) is 0.357. The van der Waals surface area contributed by atoms with Crippen LogP contribution in [0.2, 0.25) is 0 Å². The van der Waals surface area contributed by atoms with Crippen LogP contribution in [0.25, 0.3) is 10.9 Å². The van der Waals surface area contributed by atoms with E-state index in [0.717, 1.165) is 11.2 Å². The lowest BCUT2D eigenvalue weighted by Crippen LogP contribution is -2.17. The second kappa shape index (κ2) is 4.22. The molecule has 2 nitrogen and oxygen atoms in total. The lowest BCUT2D eigenvalue weighted by atomic mass is 9.93. The van der Waals surface area contributed by atoms with E-state index in [0.29, 0.717) is 5.92 Å². The largest absolute Gasteiger partial charge is 0.324 e. The number of nitrogens with two attached hydrogens (primary N) is 1. The Kier molecular flexibility index (Phi) is 2.92. The Morgan fingerprint density at radius 2 is 1.88 bits per heavy atom. The molecule has 0 aliphatic heterocycles. The number of fused-ring (bicyclic) bond motifs is 1. The van der Waals surface area contributed by atoms with Crippen molar-refractivity contribution in [3.05, 3.63) is 41.6 Å². The van der Waals surface area contributed by atoms with Crippen LogP contribution in [-0.4, -0.2) is 4.98 Å². The number of benzene rings is 1. The topological polar surface area (TPSA) is 38.9 Å². The van der Waals surface area contributed by atoms with Crippen LogP contribution in [0.4, 0.5) is 0 Å². The molecule has 0 fully saturated rings. The van der Waals surface area contributed by atoms with Crippen LogP contribution in [0.5, 0.6) is 0 Å². The van der Waals surface area contributed by atoms with E-state index in [1.807, 2.05) is 25.1 Å². The summed E-state index contributed by atoms with van der Waals surface area (Å²) in [5.41, 5.74) is 9.52. The molecule has 2 aromatic rings. The molecule has 1 aromatic carbocycles. The lowest BCUT2D eigenvalue weighted by molar-refractivity contribution is 0.517. The van der Waals surface area contributed by atoms with E-state index in [4.69, 9.17) is 5.73 Å². The maximum Gasteiger partial charge on any atom is 0.0708 e. The van der Waals surface area contributed by atoms with Gasteiger partial charge in [0.25, 0.3) is 0 Å². The normalized spacial score (nSPS) is 13.3. The summed E-state index contributed by atoms with van der Waals surface area (Å²) in [6.07, 6.45) is 0. The highest BCUT2D eigenvalue weighted by molar-refractivity contribution is 5.82. The molecular weight excluding hydrogens is 196 g/mol. The van der Waals surface area contributed by atoms with Crippen LogP contribution in [0.15, 0.2) is 30.3 Å². The Morgan fingerprint density at radius 1 is 1.19 bits per heavy atom. The van der Waals surface area contributed by atoms with Gasteiger partial charge >= 0.3 is 0 Å². The molecule has 0 amide bonds. The molecule has 0 aliphatic carbocycles. The van der Waals surface area contributed by atoms with Crippen molar-refractivity contribution in [3.8, 4) is 0 Å². The van der Waals surface area contributed by atoms with Gasteiger partial charge in [0.2, 0.25) is 0 Å². The maximum absolute atomic E-state index is 6.24. The molecule has 0 aliphatic rings. The van der Waals surface area contributed by atoms with Crippen LogP contribution >= 0.6 is 0 Å². The summed E-state index contributed by atoms with van der Waals surface area (Å²) < 4.78 is 0. The van der Waals surface area contributed by atoms with Crippen LogP contribution < -0.4 is 5.73 Å². The zero-order valence-electron chi connectivity index (χ0n) is 10.1. The molecule has 1 heterocycles. The SMILES string of the molecule is Cc1cc(C(N)C(C)C)c2ccccc2n1. The summed E-state index contributed by atoms with van der Waals surface area (Å²) in [4.78, 5) is 4.52. The number of pyridine rings is 1. The van der Waals surface area contributed by atoms with Crippen LogP contribution in [0.1, 0.15) is 31.1 Å². The molecule has 0 spiro atoms. The van der Waals surface area contributed by atoms with Crippen molar-refractivity contribution >= 4 is 10.9 Å². The predicted octanol–water partition coefficient (Wildman–Crippen LogP) is 3.20. The number of hydrogen-bond acceptors (Lipinski definition) is 2. The molecule has 2 heteroatoms. The molecule has 0 bridgehead atoms. The molecule has 0 saturated carbocycles. The average Bonchev–Trinajstić information content (AvgIpc) is 2.26. The van der Waals surface area contributed by atoms with Gasteiger partial charge in [0, 0.05) is 17.1 Å². The first kappa shape index (κ1) is 11.1. The third-order valence-corrected chi connectivity index (χ3v) is 2.95. The van der Waals surface area contributed by atoms with Gasteiger partial charge in [-0.2, -0.15) is 0 Å². The number of aromatic nitrogens is 1. The first-order chi connectivity index (χ1) is 7.59. The van der Waals surface area contributed by atoms with Gasteiger partial charge in [-0.25, -0.2) is 0 Å². The second-order valence-corrected chi connectivity index (χ2v) is 4.64. The summed E-state index contributed by atoms with van der Waals surface area (Å²) >= 11 is 0. The van der Waals surface area contributed by atoms with E-state index in [2.05, 4.69) is 31.0 Å². The zero-order valence-corrected chi connectivity index (χ0v) is 10.1. The van der Waals surface area contributed by atoms with E-state index in [9.17, 15) is 0 Å². The first-order valence-corrected chi connectivity index (χ1v) is 5.71. The Hall–Kier alpha value is -1.41. The number of aryl methyl sites for hydroxylation is 1. The van der Waals surface area contributed by atoms with Crippen molar-refractivity contribution in [2.45, 2.75) is 26.8 Å². The fourth-order valence-electron chi connectivity index (χ4n) is 1.98. The van der Waals surface area contributed by atoms with Crippen molar-refractivity contribution in [1.82, 2.24) is 4.98 Å².